The first kappa shape index (κ1) is 17.5. The largest absolute Gasteiger partial charge is 0.361 e. The standard InChI is InChI=1S/C17H19FN4O2/c1-10(7-19)8-21-17(24)16(22-11(2)23)5-12-9-20-15-6-13(18)3-4-14(12)15/h3-4,6,9-10,16,20H,5,8H2,1-2H3,(H,21,24)(H,22,23). The topological polar surface area (TPSA) is 97.8 Å². The highest BCUT2D eigenvalue weighted by atomic mass is 19.1. The zero-order valence-electron chi connectivity index (χ0n) is 13.5. The number of nitrogens with one attached hydrogen (secondary N) is 3. The monoisotopic (exact) mass is 330 g/mol. The molecule has 3 N–H and O–H groups in total. The van der Waals surface area contributed by atoms with E-state index in [1.807, 2.05) is 6.07 Å². The van der Waals surface area contributed by atoms with Gasteiger partial charge in [-0.2, -0.15) is 5.26 Å². The Morgan fingerprint density at radius 3 is 2.83 bits per heavy atom. The molecule has 7 heteroatoms. The maximum absolute atomic E-state index is 13.3. The number of aromatic nitrogens is 1. The summed E-state index contributed by atoms with van der Waals surface area (Å²) >= 11 is 0. The number of H-pyrrole nitrogens is 1. The van der Waals surface area contributed by atoms with Crippen LogP contribution in [0.15, 0.2) is 24.4 Å². The highest BCUT2D eigenvalue weighted by molar-refractivity contribution is 5.89. The van der Waals surface area contributed by atoms with E-state index >= 15 is 0 Å². The Hall–Kier alpha value is -2.88. The van der Waals surface area contributed by atoms with Crippen LogP contribution in [0.3, 0.4) is 0 Å². The third kappa shape index (κ3) is 4.32. The van der Waals surface area contributed by atoms with Crippen LogP contribution >= 0.6 is 0 Å². The lowest BCUT2D eigenvalue weighted by Gasteiger charge is -2.18. The molecule has 6 nitrogen and oxygen atoms in total. The van der Waals surface area contributed by atoms with E-state index < -0.39 is 6.04 Å². The van der Waals surface area contributed by atoms with Crippen molar-refractivity contribution in [3.8, 4) is 6.07 Å². The first-order valence-corrected chi connectivity index (χ1v) is 7.60. The zero-order valence-corrected chi connectivity index (χ0v) is 13.5. The first-order chi connectivity index (χ1) is 11.4. The number of carbonyl (C=O) groups excluding carboxylic acids is 2. The molecule has 2 rings (SSSR count). The molecule has 0 aliphatic carbocycles. The van der Waals surface area contributed by atoms with Crippen molar-refractivity contribution in [2.75, 3.05) is 6.54 Å². The van der Waals surface area contributed by atoms with Crippen LogP contribution in [0, 0.1) is 23.1 Å². The summed E-state index contributed by atoms with van der Waals surface area (Å²) in [5.74, 6) is -1.35. The average Bonchev–Trinajstić information content (AvgIpc) is 2.93. The molecule has 2 atom stereocenters. The van der Waals surface area contributed by atoms with Gasteiger partial charge in [0.15, 0.2) is 0 Å². The van der Waals surface area contributed by atoms with E-state index in [2.05, 4.69) is 15.6 Å². The van der Waals surface area contributed by atoms with E-state index in [4.69, 9.17) is 5.26 Å². The highest BCUT2D eigenvalue weighted by Gasteiger charge is 2.21. The second-order valence-corrected chi connectivity index (χ2v) is 5.74. The van der Waals surface area contributed by atoms with Crippen LogP contribution in [0.2, 0.25) is 0 Å². The Morgan fingerprint density at radius 2 is 2.17 bits per heavy atom. The number of aromatic amines is 1. The van der Waals surface area contributed by atoms with Crippen LogP contribution in [0.4, 0.5) is 4.39 Å². The number of nitriles is 1. The molecule has 2 aromatic rings. The fourth-order valence-electron chi connectivity index (χ4n) is 2.42. The van der Waals surface area contributed by atoms with Gasteiger partial charge in [0.2, 0.25) is 11.8 Å². The highest BCUT2D eigenvalue weighted by Crippen LogP contribution is 2.20. The number of hydrogen-bond donors (Lipinski definition) is 3. The molecule has 1 heterocycles. The van der Waals surface area contributed by atoms with Gasteiger partial charge in [0.05, 0.1) is 12.0 Å². The van der Waals surface area contributed by atoms with Crippen LogP contribution in [0.5, 0.6) is 0 Å². The maximum Gasteiger partial charge on any atom is 0.242 e. The molecular formula is C17H19FN4O2. The number of nitrogens with zero attached hydrogens (tertiary/aromatic N) is 1. The summed E-state index contributed by atoms with van der Waals surface area (Å²) in [6.07, 6.45) is 1.96. The van der Waals surface area contributed by atoms with Gasteiger partial charge in [-0.15, -0.1) is 0 Å². The fourth-order valence-corrected chi connectivity index (χ4v) is 2.42. The van der Waals surface area contributed by atoms with Gasteiger partial charge in [0.1, 0.15) is 11.9 Å². The summed E-state index contributed by atoms with van der Waals surface area (Å²) in [4.78, 5) is 26.7. The van der Waals surface area contributed by atoms with Gasteiger partial charge in [-0.25, -0.2) is 4.39 Å². The molecule has 1 aromatic carbocycles. The fraction of sp³-hybridized carbons (Fsp3) is 0.353. The Morgan fingerprint density at radius 1 is 1.42 bits per heavy atom. The van der Waals surface area contributed by atoms with Gasteiger partial charge in [-0.05, 0) is 30.7 Å². The number of hydrogen-bond acceptors (Lipinski definition) is 3. The number of amides is 2. The third-order valence-corrected chi connectivity index (χ3v) is 3.65. The maximum atomic E-state index is 13.3. The first-order valence-electron chi connectivity index (χ1n) is 7.60. The number of halogens is 1. The Bertz CT molecular complexity index is 793. The second-order valence-electron chi connectivity index (χ2n) is 5.74. The van der Waals surface area contributed by atoms with E-state index in [-0.39, 0.29) is 36.5 Å². The van der Waals surface area contributed by atoms with Crippen molar-refractivity contribution in [1.29, 1.82) is 5.26 Å². The molecular weight excluding hydrogens is 311 g/mol. The van der Waals surface area contributed by atoms with Crippen molar-refractivity contribution in [2.45, 2.75) is 26.3 Å². The van der Waals surface area contributed by atoms with Crippen LogP contribution < -0.4 is 10.6 Å². The van der Waals surface area contributed by atoms with Gasteiger partial charge < -0.3 is 15.6 Å². The molecule has 0 saturated carbocycles. The quantitative estimate of drug-likeness (QED) is 0.751. The number of benzene rings is 1. The van der Waals surface area contributed by atoms with E-state index in [1.165, 1.54) is 19.1 Å². The van der Waals surface area contributed by atoms with E-state index in [1.54, 1.807) is 19.2 Å². The Labute approximate surface area is 139 Å². The van der Waals surface area contributed by atoms with Crippen molar-refractivity contribution in [3.05, 3.63) is 35.8 Å². The minimum Gasteiger partial charge on any atom is -0.361 e. The molecule has 1 aromatic heterocycles. The number of fused-ring (bicyclic) bond motifs is 1. The predicted molar refractivity (Wildman–Crippen MR) is 87.4 cm³/mol. The van der Waals surface area contributed by atoms with E-state index in [9.17, 15) is 14.0 Å². The lowest BCUT2D eigenvalue weighted by Crippen LogP contribution is -2.48. The van der Waals surface area contributed by atoms with Crippen molar-refractivity contribution < 1.29 is 14.0 Å². The molecule has 2 unspecified atom stereocenters. The van der Waals surface area contributed by atoms with Crippen molar-refractivity contribution in [1.82, 2.24) is 15.6 Å². The van der Waals surface area contributed by atoms with Crippen molar-refractivity contribution >= 4 is 22.7 Å². The minimum absolute atomic E-state index is 0.213. The van der Waals surface area contributed by atoms with E-state index in [0.29, 0.717) is 5.52 Å². The third-order valence-electron chi connectivity index (χ3n) is 3.65. The number of carbonyl (C=O) groups is 2. The Balaban J connectivity index is 2.16. The summed E-state index contributed by atoms with van der Waals surface area (Å²) < 4.78 is 13.3. The van der Waals surface area contributed by atoms with Crippen LogP contribution in [-0.2, 0) is 16.0 Å². The lowest BCUT2D eigenvalue weighted by atomic mass is 10.0. The summed E-state index contributed by atoms with van der Waals surface area (Å²) in [7, 11) is 0. The molecule has 126 valence electrons. The van der Waals surface area contributed by atoms with E-state index in [0.717, 1.165) is 10.9 Å². The lowest BCUT2D eigenvalue weighted by molar-refractivity contribution is -0.128. The number of rotatable bonds is 6. The minimum atomic E-state index is -0.766. The normalized spacial score (nSPS) is 13.1. The van der Waals surface area contributed by atoms with Crippen molar-refractivity contribution in [3.63, 3.8) is 0 Å². The smallest absolute Gasteiger partial charge is 0.242 e. The summed E-state index contributed by atoms with van der Waals surface area (Å²) in [6.45, 7) is 3.25. The van der Waals surface area contributed by atoms with Crippen LogP contribution in [0.1, 0.15) is 19.4 Å². The summed E-state index contributed by atoms with van der Waals surface area (Å²) in [5, 5.41) is 14.8. The van der Waals surface area contributed by atoms with Gasteiger partial charge in [0, 0.05) is 37.0 Å². The molecule has 0 aliphatic heterocycles. The van der Waals surface area contributed by atoms with Gasteiger partial charge in [-0.1, -0.05) is 0 Å². The van der Waals surface area contributed by atoms with Gasteiger partial charge in [0.25, 0.3) is 0 Å². The summed E-state index contributed by atoms with van der Waals surface area (Å²) in [5.41, 5.74) is 1.43. The molecule has 0 spiro atoms. The van der Waals surface area contributed by atoms with Gasteiger partial charge in [-0.3, -0.25) is 9.59 Å². The zero-order chi connectivity index (χ0) is 17.7. The summed E-state index contributed by atoms with van der Waals surface area (Å²) in [6, 6.07) is 5.63. The van der Waals surface area contributed by atoms with Crippen LogP contribution in [0.25, 0.3) is 10.9 Å². The Kier molecular flexibility index (Phi) is 5.53. The molecule has 0 aliphatic rings. The van der Waals surface area contributed by atoms with Crippen molar-refractivity contribution in [2.24, 2.45) is 5.92 Å². The van der Waals surface area contributed by atoms with Gasteiger partial charge >= 0.3 is 0 Å². The van der Waals surface area contributed by atoms with Crippen LogP contribution in [-0.4, -0.2) is 29.4 Å². The molecule has 0 saturated heterocycles. The molecule has 2 amide bonds. The molecule has 24 heavy (non-hydrogen) atoms. The second kappa shape index (κ2) is 7.59. The molecule has 0 fully saturated rings. The SMILES string of the molecule is CC(=O)NC(Cc1c[nH]c2cc(F)ccc12)C(=O)NCC(C)C#N. The predicted octanol–water partition coefficient (Wildman–Crippen LogP) is 1.63. The molecule has 0 radical (unpaired) electrons. The molecule has 0 bridgehead atoms. The average molecular weight is 330 g/mol.